The second-order valence-corrected chi connectivity index (χ2v) is 10.0. The van der Waals surface area contributed by atoms with E-state index in [4.69, 9.17) is 0 Å². The van der Waals surface area contributed by atoms with Crippen LogP contribution < -0.4 is 15.8 Å². The Kier molecular flexibility index (Phi) is 6.38. The van der Waals surface area contributed by atoms with Gasteiger partial charge in [0.25, 0.3) is 0 Å². The highest BCUT2D eigenvalue weighted by Gasteiger charge is 2.41. The molecular formula is C22H27FN4O3S. The number of carbonyl (C=O) groups excluding carboxylic acids is 1. The fourth-order valence-electron chi connectivity index (χ4n) is 4.46. The van der Waals surface area contributed by atoms with Gasteiger partial charge in [0, 0.05) is 38.4 Å². The van der Waals surface area contributed by atoms with Crippen LogP contribution in [0.2, 0.25) is 0 Å². The highest BCUT2D eigenvalue weighted by atomic mass is 32.2. The Labute approximate surface area is 182 Å². The van der Waals surface area contributed by atoms with Crippen molar-refractivity contribution in [3.63, 3.8) is 0 Å². The van der Waals surface area contributed by atoms with Crippen molar-refractivity contribution >= 4 is 21.6 Å². The fourth-order valence-corrected chi connectivity index (χ4v) is 5.93. The minimum Gasteiger partial charge on any atom is -0.315 e. The predicted octanol–water partition coefficient (Wildman–Crippen LogP) is 1.98. The molecular weight excluding hydrogens is 419 g/mol. The molecule has 0 bridgehead atoms. The average Bonchev–Trinajstić information content (AvgIpc) is 3.29. The summed E-state index contributed by atoms with van der Waals surface area (Å²) in [7, 11) is -1.87. The smallest absolute Gasteiger partial charge is 0.243 e. The minimum atomic E-state index is -3.65. The summed E-state index contributed by atoms with van der Waals surface area (Å²) >= 11 is 0. The van der Waals surface area contributed by atoms with Crippen molar-refractivity contribution in [1.82, 2.24) is 15.2 Å². The van der Waals surface area contributed by atoms with Crippen LogP contribution in [0.1, 0.15) is 12.8 Å². The van der Waals surface area contributed by atoms with E-state index >= 15 is 0 Å². The third kappa shape index (κ3) is 4.50. The molecule has 7 nitrogen and oxygen atoms in total. The van der Waals surface area contributed by atoms with Crippen LogP contribution in [0.4, 0.5) is 10.1 Å². The van der Waals surface area contributed by atoms with Gasteiger partial charge in [-0.15, -0.1) is 0 Å². The van der Waals surface area contributed by atoms with Crippen LogP contribution in [-0.2, 0) is 14.8 Å². The van der Waals surface area contributed by atoms with Gasteiger partial charge in [0.15, 0.2) is 0 Å². The van der Waals surface area contributed by atoms with Crippen LogP contribution in [-0.4, -0.2) is 51.4 Å². The number of para-hydroxylation sites is 1. The summed E-state index contributed by atoms with van der Waals surface area (Å²) in [5.74, 6) is -0.480. The zero-order chi connectivity index (χ0) is 22.0. The van der Waals surface area contributed by atoms with Crippen molar-refractivity contribution < 1.29 is 17.6 Å². The van der Waals surface area contributed by atoms with E-state index in [2.05, 4.69) is 10.9 Å². The lowest BCUT2D eigenvalue weighted by Gasteiger charge is -2.36. The number of carbonyl (C=O) groups is 1. The summed E-state index contributed by atoms with van der Waals surface area (Å²) in [6.45, 7) is 1.28. The first kappa shape index (κ1) is 21.9. The lowest BCUT2D eigenvalue weighted by atomic mass is 9.83. The van der Waals surface area contributed by atoms with Crippen LogP contribution in [0, 0.1) is 17.7 Å². The maximum Gasteiger partial charge on any atom is 0.243 e. The van der Waals surface area contributed by atoms with Crippen LogP contribution in [0.15, 0.2) is 59.5 Å². The number of halogens is 1. The number of nitrogens with one attached hydrogen (secondary N) is 2. The molecule has 31 heavy (non-hydrogen) atoms. The summed E-state index contributed by atoms with van der Waals surface area (Å²) in [6.07, 6.45) is 1.30. The number of benzene rings is 2. The van der Waals surface area contributed by atoms with Gasteiger partial charge in [-0.2, -0.15) is 4.31 Å². The highest BCUT2D eigenvalue weighted by molar-refractivity contribution is 7.89. The Morgan fingerprint density at radius 2 is 1.71 bits per heavy atom. The molecule has 2 unspecified atom stereocenters. The molecule has 4 rings (SSSR count). The van der Waals surface area contributed by atoms with Crippen LogP contribution >= 0.6 is 0 Å². The maximum atomic E-state index is 13.2. The summed E-state index contributed by atoms with van der Waals surface area (Å²) in [4.78, 5) is 14.9. The number of piperidine rings is 1. The van der Waals surface area contributed by atoms with E-state index in [1.807, 2.05) is 30.3 Å². The minimum absolute atomic E-state index is 0.0371. The molecule has 2 fully saturated rings. The number of hydrogen-bond donors (Lipinski definition) is 2. The number of sulfonamides is 1. The summed E-state index contributed by atoms with van der Waals surface area (Å²) in [5, 5.41) is 0. The van der Waals surface area contributed by atoms with Gasteiger partial charge in [-0.05, 0) is 55.2 Å². The van der Waals surface area contributed by atoms with Gasteiger partial charge in [-0.1, -0.05) is 18.2 Å². The third-order valence-electron chi connectivity index (χ3n) is 6.27. The van der Waals surface area contributed by atoms with Gasteiger partial charge in [0.2, 0.25) is 15.9 Å². The normalized spacial score (nSPS) is 23.0. The maximum absolute atomic E-state index is 13.2. The lowest BCUT2D eigenvalue weighted by molar-refractivity contribution is -0.122. The standard InChI is InChI=1S/C22H27FN4O3S/c1-26(18-5-3-2-4-6-18)22(28)20-15-24-25-21(20)16-11-13-27(14-12-16)31(29,30)19-9-7-17(23)8-10-19/h2-10,16,20-21,24-25H,11-15H2,1H3. The second-order valence-electron chi connectivity index (χ2n) is 8.09. The Morgan fingerprint density at radius 1 is 1.06 bits per heavy atom. The van der Waals surface area contributed by atoms with E-state index < -0.39 is 15.8 Å². The second kappa shape index (κ2) is 9.04. The highest BCUT2D eigenvalue weighted by Crippen LogP contribution is 2.30. The number of nitrogens with zero attached hydrogens (tertiary/aromatic N) is 2. The fraction of sp³-hybridized carbons (Fsp3) is 0.409. The van der Waals surface area contributed by atoms with Gasteiger partial charge in [-0.25, -0.2) is 12.8 Å². The van der Waals surface area contributed by atoms with E-state index in [0.717, 1.165) is 17.8 Å². The number of amides is 1. The summed E-state index contributed by atoms with van der Waals surface area (Å²) < 4.78 is 40.3. The number of hydrogen-bond acceptors (Lipinski definition) is 5. The van der Waals surface area contributed by atoms with Crippen molar-refractivity contribution in [2.24, 2.45) is 11.8 Å². The van der Waals surface area contributed by atoms with E-state index in [1.165, 1.54) is 16.4 Å². The molecule has 0 aliphatic carbocycles. The molecule has 166 valence electrons. The summed E-state index contributed by atoms with van der Waals surface area (Å²) in [5.41, 5.74) is 7.21. The summed E-state index contributed by atoms with van der Waals surface area (Å²) in [6, 6.07) is 14.4. The topological polar surface area (TPSA) is 81.8 Å². The molecule has 2 aliphatic heterocycles. The number of rotatable bonds is 5. The van der Waals surface area contributed by atoms with E-state index in [0.29, 0.717) is 32.5 Å². The molecule has 2 aromatic rings. The molecule has 9 heteroatoms. The van der Waals surface area contributed by atoms with Crippen molar-refractivity contribution in [2.45, 2.75) is 23.8 Å². The largest absolute Gasteiger partial charge is 0.315 e. The van der Waals surface area contributed by atoms with Crippen LogP contribution in [0.3, 0.4) is 0 Å². The first-order chi connectivity index (χ1) is 14.9. The van der Waals surface area contributed by atoms with Gasteiger partial charge < -0.3 is 4.90 Å². The molecule has 2 heterocycles. The Bertz CT molecular complexity index is 1010. The molecule has 0 saturated carbocycles. The molecule has 0 radical (unpaired) electrons. The molecule has 1 amide bonds. The van der Waals surface area contributed by atoms with Gasteiger partial charge in [-0.3, -0.25) is 15.6 Å². The molecule has 2 aliphatic rings. The Hall–Kier alpha value is -2.33. The lowest BCUT2D eigenvalue weighted by Crippen LogP contribution is -2.49. The monoisotopic (exact) mass is 446 g/mol. The SMILES string of the molecule is CN(C(=O)C1CNNC1C1CCN(S(=O)(=O)c2ccc(F)cc2)CC1)c1ccccc1. The number of anilines is 1. The van der Waals surface area contributed by atoms with Crippen molar-refractivity contribution in [3.05, 3.63) is 60.4 Å². The van der Waals surface area contributed by atoms with E-state index in [1.54, 1.807) is 11.9 Å². The third-order valence-corrected chi connectivity index (χ3v) is 8.19. The zero-order valence-electron chi connectivity index (χ0n) is 17.4. The quantitative estimate of drug-likeness (QED) is 0.734. The van der Waals surface area contributed by atoms with E-state index in [-0.39, 0.29) is 28.7 Å². The molecule has 2 atom stereocenters. The zero-order valence-corrected chi connectivity index (χ0v) is 18.2. The average molecular weight is 447 g/mol. The van der Waals surface area contributed by atoms with Crippen LogP contribution in [0.5, 0.6) is 0 Å². The Morgan fingerprint density at radius 3 is 2.35 bits per heavy atom. The first-order valence-electron chi connectivity index (χ1n) is 10.4. The predicted molar refractivity (Wildman–Crippen MR) is 116 cm³/mol. The van der Waals surface area contributed by atoms with Crippen LogP contribution in [0.25, 0.3) is 0 Å². The molecule has 2 saturated heterocycles. The molecule has 2 N–H and O–H groups in total. The van der Waals surface area contributed by atoms with Gasteiger partial charge in [0.05, 0.1) is 10.8 Å². The molecule has 0 aromatic heterocycles. The van der Waals surface area contributed by atoms with Gasteiger partial charge in [0.1, 0.15) is 5.82 Å². The van der Waals surface area contributed by atoms with E-state index in [9.17, 15) is 17.6 Å². The molecule has 0 spiro atoms. The van der Waals surface area contributed by atoms with Gasteiger partial charge >= 0.3 is 0 Å². The van der Waals surface area contributed by atoms with Crippen molar-refractivity contribution in [3.8, 4) is 0 Å². The molecule has 2 aromatic carbocycles. The van der Waals surface area contributed by atoms with Crippen molar-refractivity contribution in [1.29, 1.82) is 0 Å². The first-order valence-corrected chi connectivity index (χ1v) is 11.9. The Balaban J connectivity index is 1.41. The van der Waals surface area contributed by atoms with Crippen molar-refractivity contribution in [2.75, 3.05) is 31.6 Å². The number of hydrazine groups is 1.